The van der Waals surface area contributed by atoms with Crippen molar-refractivity contribution in [1.29, 1.82) is 0 Å². The van der Waals surface area contributed by atoms with E-state index in [0.717, 1.165) is 11.8 Å². The highest BCUT2D eigenvalue weighted by Gasteiger charge is 2.26. The molecule has 0 saturated carbocycles. The van der Waals surface area contributed by atoms with Gasteiger partial charge in [-0.2, -0.15) is 0 Å². The molecule has 5 heteroatoms. The van der Waals surface area contributed by atoms with Crippen LogP contribution in [0.3, 0.4) is 0 Å². The number of carbonyl (C=O) groups excluding carboxylic acids is 1. The number of alkyl halides is 1. The summed E-state index contributed by atoms with van der Waals surface area (Å²) in [4.78, 5) is 16.0. The van der Waals surface area contributed by atoms with Crippen LogP contribution in [-0.2, 0) is 7.05 Å². The molecule has 0 aromatic carbocycles. The number of aromatic nitrogens is 2. The van der Waals surface area contributed by atoms with Crippen LogP contribution in [0.1, 0.15) is 37.7 Å². The molecule has 0 aliphatic rings. The lowest BCUT2D eigenvalue weighted by Crippen LogP contribution is -2.44. The van der Waals surface area contributed by atoms with E-state index in [1.165, 1.54) is 0 Å². The minimum atomic E-state index is -0.105. The summed E-state index contributed by atoms with van der Waals surface area (Å²) in [7, 11) is 1.85. The molecular weight excluding hydrogens is 282 g/mol. The fourth-order valence-electron chi connectivity index (χ4n) is 1.59. The van der Waals surface area contributed by atoms with Crippen molar-refractivity contribution in [2.24, 2.45) is 12.5 Å². The molecule has 0 spiro atoms. The van der Waals surface area contributed by atoms with Crippen molar-refractivity contribution in [3.05, 3.63) is 18.2 Å². The Kier molecular flexibility index (Phi) is 4.74. The average molecular weight is 302 g/mol. The predicted octanol–water partition coefficient (Wildman–Crippen LogP) is 2.35. The highest BCUT2D eigenvalue weighted by molar-refractivity contribution is 9.09. The van der Waals surface area contributed by atoms with Gasteiger partial charge in [0.05, 0.1) is 6.33 Å². The second-order valence-corrected chi connectivity index (χ2v) is 6.09. The van der Waals surface area contributed by atoms with Crippen molar-refractivity contribution in [3.8, 4) is 0 Å². The summed E-state index contributed by atoms with van der Waals surface area (Å²) in [6.07, 6.45) is 4.26. The van der Waals surface area contributed by atoms with Crippen molar-refractivity contribution in [2.75, 3.05) is 5.33 Å². The standard InChI is InChI=1S/C12H20BrN3O/c1-12(2,3)10(5-6-13)15-11(17)9-7-16(4)8-14-9/h7-8,10H,5-6H2,1-4H3,(H,15,17). The van der Waals surface area contributed by atoms with Crippen molar-refractivity contribution >= 4 is 21.8 Å². The quantitative estimate of drug-likeness (QED) is 0.868. The van der Waals surface area contributed by atoms with Crippen LogP contribution in [0.2, 0.25) is 0 Å². The van der Waals surface area contributed by atoms with Gasteiger partial charge in [0.25, 0.3) is 5.91 Å². The Labute approximate surface area is 111 Å². The van der Waals surface area contributed by atoms with Gasteiger partial charge in [-0.3, -0.25) is 4.79 Å². The van der Waals surface area contributed by atoms with E-state index in [-0.39, 0.29) is 17.4 Å². The second-order valence-electron chi connectivity index (χ2n) is 5.29. The van der Waals surface area contributed by atoms with Gasteiger partial charge in [0.1, 0.15) is 5.69 Å². The third-order valence-electron chi connectivity index (χ3n) is 2.69. The fourth-order valence-corrected chi connectivity index (χ4v) is 2.05. The van der Waals surface area contributed by atoms with Crippen LogP contribution in [0.25, 0.3) is 0 Å². The molecule has 1 atom stereocenters. The number of nitrogens with zero attached hydrogens (tertiary/aromatic N) is 2. The molecule has 1 rings (SSSR count). The maximum atomic E-state index is 12.0. The average Bonchev–Trinajstić information content (AvgIpc) is 2.62. The maximum absolute atomic E-state index is 12.0. The Balaban J connectivity index is 2.71. The predicted molar refractivity (Wildman–Crippen MR) is 72.3 cm³/mol. The Morgan fingerprint density at radius 1 is 1.59 bits per heavy atom. The van der Waals surface area contributed by atoms with Crippen LogP contribution in [-0.4, -0.2) is 26.8 Å². The SMILES string of the molecule is Cn1cnc(C(=O)NC(CCBr)C(C)(C)C)c1. The summed E-state index contributed by atoms with van der Waals surface area (Å²) in [5.74, 6) is -0.105. The third kappa shape index (κ3) is 4.15. The summed E-state index contributed by atoms with van der Waals surface area (Å²) in [6, 6.07) is 0.136. The normalized spacial score (nSPS) is 13.5. The first-order valence-electron chi connectivity index (χ1n) is 5.69. The molecule has 1 unspecified atom stereocenters. The molecule has 1 N–H and O–H groups in total. The molecule has 1 heterocycles. The summed E-state index contributed by atoms with van der Waals surface area (Å²) in [6.45, 7) is 6.37. The van der Waals surface area contributed by atoms with Gasteiger partial charge in [-0.05, 0) is 11.8 Å². The number of amides is 1. The van der Waals surface area contributed by atoms with Crippen LogP contribution >= 0.6 is 15.9 Å². The van der Waals surface area contributed by atoms with E-state index in [1.54, 1.807) is 17.1 Å². The van der Waals surface area contributed by atoms with Crippen molar-refractivity contribution in [3.63, 3.8) is 0 Å². The summed E-state index contributed by atoms with van der Waals surface area (Å²) < 4.78 is 1.77. The van der Waals surface area contributed by atoms with Gasteiger partial charge >= 0.3 is 0 Å². The van der Waals surface area contributed by atoms with Gasteiger partial charge in [0.15, 0.2) is 0 Å². The summed E-state index contributed by atoms with van der Waals surface area (Å²) >= 11 is 3.42. The molecular formula is C12H20BrN3O. The van der Waals surface area contributed by atoms with E-state index in [2.05, 4.69) is 47.0 Å². The zero-order chi connectivity index (χ0) is 13.1. The molecule has 0 bridgehead atoms. The number of imidazole rings is 1. The molecule has 0 radical (unpaired) electrons. The van der Waals surface area contributed by atoms with Gasteiger partial charge in [-0.1, -0.05) is 36.7 Å². The van der Waals surface area contributed by atoms with Crippen LogP contribution < -0.4 is 5.32 Å². The highest BCUT2D eigenvalue weighted by Crippen LogP contribution is 2.22. The molecule has 17 heavy (non-hydrogen) atoms. The topological polar surface area (TPSA) is 46.9 Å². The van der Waals surface area contributed by atoms with Crippen LogP contribution in [0.4, 0.5) is 0 Å². The van der Waals surface area contributed by atoms with Gasteiger partial charge in [0.2, 0.25) is 0 Å². The maximum Gasteiger partial charge on any atom is 0.271 e. The first-order valence-corrected chi connectivity index (χ1v) is 6.81. The molecule has 4 nitrogen and oxygen atoms in total. The van der Waals surface area contributed by atoms with Crippen molar-refractivity contribution in [2.45, 2.75) is 33.2 Å². The van der Waals surface area contributed by atoms with Crippen molar-refractivity contribution in [1.82, 2.24) is 14.9 Å². The Bertz CT molecular complexity index is 381. The van der Waals surface area contributed by atoms with Crippen LogP contribution in [0.5, 0.6) is 0 Å². The second kappa shape index (κ2) is 5.67. The van der Waals surface area contributed by atoms with E-state index in [0.29, 0.717) is 5.69 Å². The number of hydrogen-bond acceptors (Lipinski definition) is 2. The first-order chi connectivity index (χ1) is 7.84. The van der Waals surface area contributed by atoms with Gasteiger partial charge < -0.3 is 9.88 Å². The molecule has 96 valence electrons. The lowest BCUT2D eigenvalue weighted by atomic mass is 9.85. The van der Waals surface area contributed by atoms with Gasteiger partial charge in [-0.25, -0.2) is 4.98 Å². The molecule has 0 aliphatic heterocycles. The smallest absolute Gasteiger partial charge is 0.271 e. The number of carbonyl (C=O) groups is 1. The zero-order valence-corrected chi connectivity index (χ0v) is 12.4. The number of rotatable bonds is 4. The molecule has 1 amide bonds. The fraction of sp³-hybridized carbons (Fsp3) is 0.667. The van der Waals surface area contributed by atoms with E-state index < -0.39 is 0 Å². The van der Waals surface area contributed by atoms with Crippen molar-refractivity contribution < 1.29 is 4.79 Å². The number of halogens is 1. The first kappa shape index (κ1) is 14.2. The van der Waals surface area contributed by atoms with E-state index >= 15 is 0 Å². The molecule has 0 aliphatic carbocycles. The Morgan fingerprint density at radius 3 is 2.65 bits per heavy atom. The minimum Gasteiger partial charge on any atom is -0.347 e. The number of aryl methyl sites for hydroxylation is 1. The molecule has 1 aromatic heterocycles. The summed E-state index contributed by atoms with van der Waals surface area (Å²) in [5.41, 5.74) is 0.509. The largest absolute Gasteiger partial charge is 0.347 e. The van der Waals surface area contributed by atoms with Crippen LogP contribution in [0.15, 0.2) is 12.5 Å². The third-order valence-corrected chi connectivity index (χ3v) is 3.14. The number of hydrogen-bond donors (Lipinski definition) is 1. The molecule has 0 saturated heterocycles. The van der Waals surface area contributed by atoms with Crippen LogP contribution in [0, 0.1) is 5.41 Å². The van der Waals surface area contributed by atoms with Gasteiger partial charge in [-0.15, -0.1) is 0 Å². The molecule has 0 fully saturated rings. The van der Waals surface area contributed by atoms with E-state index in [4.69, 9.17) is 0 Å². The van der Waals surface area contributed by atoms with E-state index in [9.17, 15) is 4.79 Å². The monoisotopic (exact) mass is 301 g/mol. The lowest BCUT2D eigenvalue weighted by Gasteiger charge is -2.30. The zero-order valence-electron chi connectivity index (χ0n) is 10.8. The van der Waals surface area contributed by atoms with E-state index in [1.807, 2.05) is 7.05 Å². The Morgan fingerprint density at radius 2 is 2.24 bits per heavy atom. The number of nitrogens with one attached hydrogen (secondary N) is 1. The Hall–Kier alpha value is -0.840. The highest BCUT2D eigenvalue weighted by atomic mass is 79.9. The molecule has 1 aromatic rings. The summed E-state index contributed by atoms with van der Waals surface area (Å²) in [5, 5.41) is 3.92. The lowest BCUT2D eigenvalue weighted by molar-refractivity contribution is 0.0896. The van der Waals surface area contributed by atoms with Gasteiger partial charge in [0, 0.05) is 24.6 Å². The minimum absolute atomic E-state index is 0.0399.